The Hall–Kier alpha value is -1.73. The Labute approximate surface area is 162 Å². The summed E-state index contributed by atoms with van der Waals surface area (Å²) in [6.45, 7) is 1.82. The normalized spacial score (nSPS) is 15.8. The van der Waals surface area contributed by atoms with Crippen molar-refractivity contribution in [3.8, 4) is 5.75 Å². The molecule has 0 spiro atoms. The minimum atomic E-state index is -0.353. The minimum absolute atomic E-state index is 0.155. The largest absolute Gasteiger partial charge is 0.495 e. The zero-order valence-electron chi connectivity index (χ0n) is 14.9. The van der Waals surface area contributed by atoms with Crippen molar-refractivity contribution in [3.63, 3.8) is 0 Å². The van der Waals surface area contributed by atoms with E-state index in [0.717, 1.165) is 12.2 Å². The molecule has 8 heteroatoms. The highest BCUT2D eigenvalue weighted by Crippen LogP contribution is 2.30. The van der Waals surface area contributed by atoms with Gasteiger partial charge in [-0.2, -0.15) is 0 Å². The van der Waals surface area contributed by atoms with E-state index < -0.39 is 0 Å². The van der Waals surface area contributed by atoms with Crippen LogP contribution < -0.4 is 10.1 Å². The molecule has 1 saturated carbocycles. The topological polar surface area (TPSA) is 79.9 Å². The highest BCUT2D eigenvalue weighted by Gasteiger charge is 2.21. The molecule has 1 amide bonds. The second-order valence-electron chi connectivity index (χ2n) is 6.51. The first-order valence-corrected chi connectivity index (χ1v) is 10.0. The molecule has 3 rings (SSSR count). The first-order chi connectivity index (χ1) is 12.5. The molecule has 2 N–H and O–H groups in total. The van der Waals surface area contributed by atoms with Crippen LogP contribution in [0, 0.1) is 5.92 Å². The second kappa shape index (κ2) is 8.77. The Bertz CT molecular complexity index is 761. The molecule has 1 aliphatic rings. The molecule has 1 aliphatic carbocycles. The van der Waals surface area contributed by atoms with E-state index in [9.17, 15) is 4.79 Å². The van der Waals surface area contributed by atoms with E-state index in [0.29, 0.717) is 27.5 Å². The lowest BCUT2D eigenvalue weighted by Crippen LogP contribution is -2.22. The van der Waals surface area contributed by atoms with E-state index in [4.69, 9.17) is 16.3 Å². The summed E-state index contributed by atoms with van der Waals surface area (Å²) in [5, 5.41) is 10.9. The molecule has 0 bridgehead atoms. The Balaban J connectivity index is 1.57. The van der Waals surface area contributed by atoms with Crippen molar-refractivity contribution in [2.75, 3.05) is 12.4 Å². The third-order valence-corrected chi connectivity index (χ3v) is 5.73. The maximum Gasteiger partial charge on any atom is 0.237 e. The third kappa shape index (κ3) is 4.92. The predicted molar refractivity (Wildman–Crippen MR) is 104 cm³/mol. The van der Waals surface area contributed by atoms with E-state index in [1.807, 2.05) is 6.92 Å². The van der Waals surface area contributed by atoms with E-state index in [2.05, 4.69) is 20.5 Å². The molecule has 1 heterocycles. The van der Waals surface area contributed by atoms with Gasteiger partial charge < -0.3 is 10.1 Å². The number of halogens is 1. The first kappa shape index (κ1) is 19.0. The average molecular weight is 395 g/mol. The molecule has 0 radical (unpaired) electrons. The molecule has 0 aliphatic heterocycles. The van der Waals surface area contributed by atoms with Gasteiger partial charge in [-0.1, -0.05) is 49.0 Å². The number of carbonyl (C=O) groups is 1. The fourth-order valence-electron chi connectivity index (χ4n) is 3.13. The Morgan fingerprint density at radius 1 is 1.46 bits per heavy atom. The van der Waals surface area contributed by atoms with Crippen molar-refractivity contribution in [1.82, 2.24) is 15.2 Å². The quantitative estimate of drug-likeness (QED) is 0.683. The predicted octanol–water partition coefficient (Wildman–Crippen LogP) is 4.32. The van der Waals surface area contributed by atoms with Crippen LogP contribution >= 0.6 is 23.4 Å². The van der Waals surface area contributed by atoms with E-state index in [1.165, 1.54) is 37.4 Å². The van der Waals surface area contributed by atoms with Crippen LogP contribution in [0.25, 0.3) is 0 Å². The van der Waals surface area contributed by atoms with Gasteiger partial charge in [0, 0.05) is 11.4 Å². The molecule has 1 atom stereocenters. The summed E-state index contributed by atoms with van der Waals surface area (Å²) in [5.74, 6) is 2.02. The molecule has 6 nitrogen and oxygen atoms in total. The van der Waals surface area contributed by atoms with Crippen LogP contribution in [-0.4, -0.2) is 33.4 Å². The molecule has 140 valence electrons. The molecular weight excluding hydrogens is 372 g/mol. The van der Waals surface area contributed by atoms with Gasteiger partial charge in [0.1, 0.15) is 11.6 Å². The number of thioether (sulfide) groups is 1. The number of hydrogen-bond donors (Lipinski definition) is 2. The smallest absolute Gasteiger partial charge is 0.237 e. The van der Waals surface area contributed by atoms with Gasteiger partial charge >= 0.3 is 0 Å². The van der Waals surface area contributed by atoms with Gasteiger partial charge in [-0.3, -0.25) is 9.89 Å². The molecule has 1 aromatic heterocycles. The maximum absolute atomic E-state index is 12.5. The Kier molecular flexibility index (Phi) is 6.43. The molecule has 0 saturated heterocycles. The van der Waals surface area contributed by atoms with Crippen molar-refractivity contribution in [3.05, 3.63) is 29.0 Å². The van der Waals surface area contributed by atoms with Crippen LogP contribution in [0.4, 0.5) is 5.69 Å². The number of aromatic amines is 1. The molecule has 26 heavy (non-hydrogen) atoms. The van der Waals surface area contributed by atoms with Crippen LogP contribution in [0.2, 0.25) is 5.02 Å². The lowest BCUT2D eigenvalue weighted by atomic mass is 10.0. The lowest BCUT2D eigenvalue weighted by Gasteiger charge is -2.13. The van der Waals surface area contributed by atoms with Gasteiger partial charge in [0.2, 0.25) is 11.1 Å². The number of ether oxygens (including phenoxy) is 1. The molecule has 2 aromatic rings. The number of H-pyrrole nitrogens is 1. The number of rotatable bonds is 7. The summed E-state index contributed by atoms with van der Waals surface area (Å²) in [6, 6.07) is 5.11. The minimum Gasteiger partial charge on any atom is -0.495 e. The monoisotopic (exact) mass is 394 g/mol. The number of benzene rings is 1. The van der Waals surface area contributed by atoms with Crippen molar-refractivity contribution < 1.29 is 9.53 Å². The number of carbonyl (C=O) groups excluding carboxylic acids is 1. The summed E-state index contributed by atoms with van der Waals surface area (Å²) in [4.78, 5) is 17.0. The van der Waals surface area contributed by atoms with Gasteiger partial charge in [0.15, 0.2) is 0 Å². The molecule has 1 fully saturated rings. The number of hydrogen-bond acceptors (Lipinski definition) is 5. The number of amides is 1. The number of nitrogens with one attached hydrogen (secondary N) is 2. The van der Waals surface area contributed by atoms with Crippen LogP contribution in [0.15, 0.2) is 23.4 Å². The standard InChI is InChI=1S/C18H23ClN4O2S/c1-11(17(24)20-14-10-13(19)7-8-15(14)25-2)26-18-21-16(22-23-18)9-12-5-3-4-6-12/h7-8,10-12H,3-6,9H2,1-2H3,(H,20,24)(H,21,22,23). The maximum atomic E-state index is 12.5. The van der Waals surface area contributed by atoms with Gasteiger partial charge in [0.25, 0.3) is 0 Å². The number of anilines is 1. The van der Waals surface area contributed by atoms with Gasteiger partial charge in [-0.05, 0) is 31.0 Å². The fourth-order valence-corrected chi connectivity index (χ4v) is 4.05. The fraction of sp³-hybridized carbons (Fsp3) is 0.500. The van der Waals surface area contributed by atoms with Crippen LogP contribution in [0.5, 0.6) is 5.75 Å². The van der Waals surface area contributed by atoms with Gasteiger partial charge in [-0.25, -0.2) is 4.98 Å². The Morgan fingerprint density at radius 3 is 2.96 bits per heavy atom. The van der Waals surface area contributed by atoms with Crippen LogP contribution in [0.3, 0.4) is 0 Å². The number of methoxy groups -OCH3 is 1. The molecule has 1 aromatic carbocycles. The third-order valence-electron chi connectivity index (χ3n) is 4.54. The number of aromatic nitrogens is 3. The van der Waals surface area contributed by atoms with Crippen molar-refractivity contribution in [2.24, 2.45) is 5.92 Å². The van der Waals surface area contributed by atoms with E-state index >= 15 is 0 Å². The summed E-state index contributed by atoms with van der Waals surface area (Å²) < 4.78 is 5.26. The summed E-state index contributed by atoms with van der Waals surface area (Å²) >= 11 is 7.33. The van der Waals surface area contributed by atoms with Crippen molar-refractivity contribution in [2.45, 2.75) is 49.4 Å². The van der Waals surface area contributed by atoms with Crippen molar-refractivity contribution >= 4 is 35.0 Å². The van der Waals surface area contributed by atoms with E-state index in [1.54, 1.807) is 25.3 Å². The zero-order chi connectivity index (χ0) is 18.5. The van der Waals surface area contributed by atoms with E-state index in [-0.39, 0.29) is 11.2 Å². The van der Waals surface area contributed by atoms with Gasteiger partial charge in [0.05, 0.1) is 18.0 Å². The lowest BCUT2D eigenvalue weighted by molar-refractivity contribution is -0.115. The summed E-state index contributed by atoms with van der Waals surface area (Å²) in [6.07, 6.45) is 6.09. The van der Waals surface area contributed by atoms with Crippen molar-refractivity contribution in [1.29, 1.82) is 0 Å². The summed E-state index contributed by atoms with van der Waals surface area (Å²) in [5.41, 5.74) is 0.550. The van der Waals surface area contributed by atoms with Gasteiger partial charge in [-0.15, -0.1) is 5.10 Å². The number of nitrogens with zero attached hydrogens (tertiary/aromatic N) is 2. The average Bonchev–Trinajstić information content (AvgIpc) is 3.27. The SMILES string of the molecule is COc1ccc(Cl)cc1NC(=O)C(C)Sc1n[nH]c(CC2CCCC2)n1. The Morgan fingerprint density at radius 2 is 2.23 bits per heavy atom. The highest BCUT2D eigenvalue weighted by molar-refractivity contribution is 8.00. The van der Waals surface area contributed by atoms with Crippen LogP contribution in [0.1, 0.15) is 38.4 Å². The van der Waals surface area contributed by atoms with Crippen LogP contribution in [-0.2, 0) is 11.2 Å². The first-order valence-electron chi connectivity index (χ1n) is 8.77. The molecular formula is C18H23ClN4O2S. The summed E-state index contributed by atoms with van der Waals surface area (Å²) in [7, 11) is 1.55. The molecule has 1 unspecified atom stereocenters. The highest BCUT2D eigenvalue weighted by atomic mass is 35.5. The second-order valence-corrected chi connectivity index (χ2v) is 8.26. The zero-order valence-corrected chi connectivity index (χ0v) is 16.5.